The highest BCUT2D eigenvalue weighted by Gasteiger charge is 2.37. The second kappa shape index (κ2) is 10.4. The van der Waals surface area contributed by atoms with E-state index in [-0.39, 0.29) is 10.8 Å². The van der Waals surface area contributed by atoms with Gasteiger partial charge in [0.15, 0.2) is 7.28 Å². The fraction of sp³-hybridized carbons (Fsp3) is 0.217. The zero-order valence-corrected chi connectivity index (χ0v) is 30.5. The van der Waals surface area contributed by atoms with Crippen LogP contribution in [0.15, 0.2) is 103 Å². The number of aromatic nitrogens is 1. The average molecular weight is 664 g/mol. The number of hydrogen-bond acceptors (Lipinski definition) is 2. The van der Waals surface area contributed by atoms with Crippen LogP contribution in [0.4, 0.5) is 11.4 Å². The fourth-order valence-corrected chi connectivity index (χ4v) is 10.3. The molecule has 1 radical (unpaired) electrons. The van der Waals surface area contributed by atoms with Gasteiger partial charge in [-0.2, -0.15) is 0 Å². The first kappa shape index (κ1) is 30.1. The molecule has 4 heteroatoms. The molecule has 0 spiro atoms. The van der Waals surface area contributed by atoms with Crippen molar-refractivity contribution >= 4 is 82.9 Å². The van der Waals surface area contributed by atoms with Crippen molar-refractivity contribution in [3.05, 3.63) is 125 Å². The van der Waals surface area contributed by atoms with Crippen molar-refractivity contribution < 1.29 is 0 Å². The van der Waals surface area contributed by atoms with E-state index in [1.165, 1.54) is 111 Å². The molecule has 0 unspecified atom stereocenters. The highest BCUT2D eigenvalue weighted by atomic mass is 32.1. The minimum absolute atomic E-state index is 0.135. The van der Waals surface area contributed by atoms with E-state index in [4.69, 9.17) is 0 Å². The summed E-state index contributed by atoms with van der Waals surface area (Å²) < 4.78 is 5.17. The molecule has 8 aromatic rings. The van der Waals surface area contributed by atoms with Crippen LogP contribution in [-0.4, -0.2) is 11.8 Å². The van der Waals surface area contributed by atoms with E-state index in [9.17, 15) is 0 Å². The molecule has 2 nitrogen and oxygen atoms in total. The first-order valence-electron chi connectivity index (χ1n) is 18.0. The average Bonchev–Trinajstić information content (AvgIpc) is 3.65. The highest BCUT2D eigenvalue weighted by Crippen LogP contribution is 2.49. The maximum absolute atomic E-state index is 4.07. The quantitative estimate of drug-likeness (QED) is 0.186. The minimum Gasteiger partial charge on any atom is -0.355 e. The Morgan fingerprint density at radius 1 is 0.680 bits per heavy atom. The number of aryl methyl sites for hydroxylation is 2. The van der Waals surface area contributed by atoms with E-state index in [2.05, 4.69) is 162 Å². The number of anilines is 2. The fourth-order valence-electron chi connectivity index (χ4n) is 9.05. The summed E-state index contributed by atoms with van der Waals surface area (Å²) in [7, 11) is 2.44. The molecule has 243 valence electrons. The van der Waals surface area contributed by atoms with Gasteiger partial charge in [0.25, 0.3) is 0 Å². The molecule has 2 aliphatic rings. The summed E-state index contributed by atoms with van der Waals surface area (Å²) in [5.41, 5.74) is 17.1. The molecule has 0 atom stereocenters. The van der Waals surface area contributed by atoms with Crippen LogP contribution < -0.4 is 16.2 Å². The summed E-state index contributed by atoms with van der Waals surface area (Å²) in [6.45, 7) is 14.2. The smallest absolute Gasteiger partial charge is 0.197 e. The van der Waals surface area contributed by atoms with Gasteiger partial charge in [-0.25, -0.2) is 0 Å². The number of nitrogens with one attached hydrogen (secondary N) is 1. The molecule has 1 aliphatic carbocycles. The second-order valence-corrected chi connectivity index (χ2v) is 17.1. The van der Waals surface area contributed by atoms with Crippen molar-refractivity contribution in [3.8, 4) is 16.8 Å². The van der Waals surface area contributed by atoms with Crippen LogP contribution in [0.1, 0.15) is 62.8 Å². The van der Waals surface area contributed by atoms with Crippen molar-refractivity contribution in [2.24, 2.45) is 0 Å². The number of nitrogens with zero attached hydrogens (tertiary/aromatic N) is 1. The van der Waals surface area contributed by atoms with E-state index < -0.39 is 0 Å². The molecule has 0 saturated heterocycles. The molecule has 0 fully saturated rings. The van der Waals surface area contributed by atoms with Gasteiger partial charge in [-0.15, -0.1) is 11.3 Å². The number of benzene rings is 6. The van der Waals surface area contributed by atoms with Gasteiger partial charge in [0.2, 0.25) is 0 Å². The molecule has 2 aromatic heterocycles. The third kappa shape index (κ3) is 4.21. The lowest BCUT2D eigenvalue weighted by molar-refractivity contribution is 0.332. The van der Waals surface area contributed by atoms with Gasteiger partial charge < -0.3 is 9.88 Å². The SMILES string of the molecule is Cc1cc(-c2c(Nc3cc4c(cc3C)C(C)(C)CCC4(C)C)ccc3c2sc2ccccc23)c2c(c1)-n1c3ccccc3c3cccc(c31)[B]2. The molecule has 0 saturated carbocycles. The first-order valence-corrected chi connectivity index (χ1v) is 18.8. The lowest BCUT2D eigenvalue weighted by atomic mass is 9.59. The Bertz CT molecular complexity index is 2740. The van der Waals surface area contributed by atoms with Gasteiger partial charge in [-0.1, -0.05) is 106 Å². The maximum Gasteiger partial charge on any atom is 0.197 e. The van der Waals surface area contributed by atoms with Crippen molar-refractivity contribution in [3.63, 3.8) is 0 Å². The molecular formula is C46H40BN2S. The van der Waals surface area contributed by atoms with Gasteiger partial charge in [0.05, 0.1) is 5.52 Å². The number of hydrogen-bond donors (Lipinski definition) is 1. The molecule has 1 N–H and O–H groups in total. The van der Waals surface area contributed by atoms with Crippen molar-refractivity contribution in [1.82, 2.24) is 4.57 Å². The van der Waals surface area contributed by atoms with Crippen molar-refractivity contribution in [2.75, 3.05) is 5.32 Å². The lowest BCUT2D eigenvalue weighted by Crippen LogP contribution is -2.37. The highest BCUT2D eigenvalue weighted by molar-refractivity contribution is 7.26. The summed E-state index contributed by atoms with van der Waals surface area (Å²) >= 11 is 1.91. The summed E-state index contributed by atoms with van der Waals surface area (Å²) in [4.78, 5) is 0. The van der Waals surface area contributed by atoms with Gasteiger partial charge in [-0.3, -0.25) is 0 Å². The Balaban J connectivity index is 1.26. The summed E-state index contributed by atoms with van der Waals surface area (Å²) in [5.74, 6) is 0. The normalized spacial score (nSPS) is 15.7. The number of para-hydroxylation sites is 2. The Morgan fingerprint density at radius 3 is 2.22 bits per heavy atom. The number of fused-ring (bicyclic) bond motifs is 9. The molecule has 50 heavy (non-hydrogen) atoms. The van der Waals surface area contributed by atoms with Crippen LogP contribution in [0.3, 0.4) is 0 Å². The molecule has 6 aromatic carbocycles. The lowest BCUT2D eigenvalue weighted by Gasteiger charge is -2.42. The van der Waals surface area contributed by atoms with Crippen molar-refractivity contribution in [1.29, 1.82) is 0 Å². The Hall–Kier alpha value is -4.80. The van der Waals surface area contributed by atoms with Crippen LogP contribution in [0.2, 0.25) is 0 Å². The minimum atomic E-state index is 0.135. The molecule has 3 heterocycles. The van der Waals surface area contributed by atoms with Crippen molar-refractivity contribution in [2.45, 2.75) is 65.2 Å². The molecule has 1 aliphatic heterocycles. The Labute approximate surface area is 299 Å². The zero-order chi connectivity index (χ0) is 34.1. The van der Waals surface area contributed by atoms with Gasteiger partial charge in [0, 0.05) is 59.1 Å². The topological polar surface area (TPSA) is 17.0 Å². The monoisotopic (exact) mass is 663 g/mol. The van der Waals surface area contributed by atoms with Crippen LogP contribution in [0, 0.1) is 13.8 Å². The van der Waals surface area contributed by atoms with Gasteiger partial charge in [0.1, 0.15) is 0 Å². The first-order chi connectivity index (χ1) is 24.1. The second-order valence-electron chi connectivity index (χ2n) is 16.1. The largest absolute Gasteiger partial charge is 0.355 e. The molecule has 0 amide bonds. The van der Waals surface area contributed by atoms with E-state index in [0.29, 0.717) is 0 Å². The number of rotatable bonds is 3. The predicted octanol–water partition coefficient (Wildman–Crippen LogP) is 11.5. The maximum atomic E-state index is 4.07. The van der Waals surface area contributed by atoms with E-state index in [0.717, 1.165) is 5.69 Å². The van der Waals surface area contributed by atoms with Gasteiger partial charge in [-0.05, 0) is 101 Å². The van der Waals surface area contributed by atoms with E-state index >= 15 is 0 Å². The van der Waals surface area contributed by atoms with Gasteiger partial charge >= 0.3 is 0 Å². The standard InChI is InChI=1S/C46H40BN2S/c1-26-22-32(42-39(23-26)49-38-16-9-7-12-28(38)30-14-11-15-35(47-42)43(30)49)41-36(19-18-31-29-13-8-10-17-40(29)50-44(31)41)48-37-25-34-33(24-27(37)2)45(3,4)20-21-46(34,5)6/h7-19,22-25,48H,20-21H2,1-6H3. The van der Waals surface area contributed by atoms with Crippen LogP contribution in [-0.2, 0) is 10.8 Å². The zero-order valence-electron chi connectivity index (χ0n) is 29.7. The number of thiophene rings is 1. The Kier molecular flexibility index (Phi) is 6.24. The van der Waals surface area contributed by atoms with E-state index in [1.807, 2.05) is 11.3 Å². The summed E-state index contributed by atoms with van der Waals surface area (Å²) in [6, 6.07) is 38.9. The molecular weight excluding hydrogens is 623 g/mol. The molecule has 10 rings (SSSR count). The molecule has 0 bridgehead atoms. The van der Waals surface area contributed by atoms with Crippen LogP contribution in [0.5, 0.6) is 0 Å². The Morgan fingerprint density at radius 2 is 1.40 bits per heavy atom. The van der Waals surface area contributed by atoms with Crippen LogP contribution in [0.25, 0.3) is 58.8 Å². The third-order valence-electron chi connectivity index (χ3n) is 11.9. The summed E-state index contributed by atoms with van der Waals surface area (Å²) in [6.07, 6.45) is 2.41. The van der Waals surface area contributed by atoms with Crippen LogP contribution >= 0.6 is 11.3 Å². The van der Waals surface area contributed by atoms with E-state index in [1.54, 1.807) is 0 Å². The third-order valence-corrected chi connectivity index (χ3v) is 13.1. The summed E-state index contributed by atoms with van der Waals surface area (Å²) in [5, 5.41) is 9.32. The predicted molar refractivity (Wildman–Crippen MR) is 219 cm³/mol.